The van der Waals surface area contributed by atoms with E-state index in [1.165, 1.54) is 19.1 Å². The van der Waals surface area contributed by atoms with Crippen molar-refractivity contribution in [2.24, 2.45) is 5.92 Å². The minimum absolute atomic E-state index is 0.216. The molecule has 0 atom stereocenters. The van der Waals surface area contributed by atoms with Crippen molar-refractivity contribution in [3.63, 3.8) is 0 Å². The molecule has 20 heavy (non-hydrogen) atoms. The van der Waals surface area contributed by atoms with Crippen LogP contribution in [0.15, 0.2) is 18.2 Å². The van der Waals surface area contributed by atoms with Gasteiger partial charge in [-0.15, -0.1) is 0 Å². The van der Waals surface area contributed by atoms with E-state index in [0.717, 1.165) is 0 Å². The van der Waals surface area contributed by atoms with Gasteiger partial charge in [0.15, 0.2) is 0 Å². The predicted octanol–water partition coefficient (Wildman–Crippen LogP) is 1.25. The van der Waals surface area contributed by atoms with Crippen LogP contribution in [0.4, 0.5) is 10.5 Å². The fourth-order valence-corrected chi connectivity index (χ4v) is 1.91. The molecule has 0 spiro atoms. The lowest BCUT2D eigenvalue weighted by Gasteiger charge is -2.36. The number of rotatable bonds is 4. The number of amides is 2. The smallest absolute Gasteiger partial charge is 0.322 e. The SMILES string of the molecule is COc1ccc(OC)c(NC(=O)N2CC(C(=O)O)C2)c1. The van der Waals surface area contributed by atoms with Crippen molar-refractivity contribution in [1.82, 2.24) is 4.90 Å². The molecular weight excluding hydrogens is 264 g/mol. The predicted molar refractivity (Wildman–Crippen MR) is 71.3 cm³/mol. The number of methoxy groups -OCH3 is 2. The number of urea groups is 1. The number of carbonyl (C=O) groups is 2. The zero-order valence-electron chi connectivity index (χ0n) is 11.3. The quantitative estimate of drug-likeness (QED) is 0.866. The largest absolute Gasteiger partial charge is 0.497 e. The highest BCUT2D eigenvalue weighted by Gasteiger charge is 2.35. The molecule has 0 saturated carbocycles. The van der Waals surface area contributed by atoms with Crippen LogP contribution >= 0.6 is 0 Å². The zero-order chi connectivity index (χ0) is 14.7. The molecule has 1 heterocycles. The second-order valence-corrected chi connectivity index (χ2v) is 4.44. The number of anilines is 1. The molecule has 2 N–H and O–H groups in total. The Kier molecular flexibility index (Phi) is 3.97. The summed E-state index contributed by atoms with van der Waals surface area (Å²) in [6.07, 6.45) is 0. The van der Waals surface area contributed by atoms with Gasteiger partial charge in [0.25, 0.3) is 0 Å². The summed E-state index contributed by atoms with van der Waals surface area (Å²) in [5, 5.41) is 11.5. The summed E-state index contributed by atoms with van der Waals surface area (Å²) >= 11 is 0. The van der Waals surface area contributed by atoms with Crippen molar-refractivity contribution in [2.45, 2.75) is 0 Å². The first-order valence-electron chi connectivity index (χ1n) is 6.06. The second-order valence-electron chi connectivity index (χ2n) is 4.44. The monoisotopic (exact) mass is 280 g/mol. The van der Waals surface area contributed by atoms with Crippen LogP contribution in [0.2, 0.25) is 0 Å². The van der Waals surface area contributed by atoms with Gasteiger partial charge in [0.1, 0.15) is 11.5 Å². The Hall–Kier alpha value is -2.44. The van der Waals surface area contributed by atoms with Crippen LogP contribution in [0.5, 0.6) is 11.5 Å². The topological polar surface area (TPSA) is 88.1 Å². The first kappa shape index (κ1) is 14.0. The summed E-state index contributed by atoms with van der Waals surface area (Å²) in [4.78, 5) is 24.1. The highest BCUT2D eigenvalue weighted by molar-refractivity contribution is 5.92. The number of hydrogen-bond donors (Lipinski definition) is 2. The molecule has 1 fully saturated rings. The van der Waals surface area contributed by atoms with Gasteiger partial charge >= 0.3 is 12.0 Å². The third-order valence-corrected chi connectivity index (χ3v) is 3.17. The summed E-state index contributed by atoms with van der Waals surface area (Å²) < 4.78 is 10.2. The molecular formula is C13H16N2O5. The average Bonchev–Trinajstić information content (AvgIpc) is 2.36. The lowest BCUT2D eigenvalue weighted by atomic mass is 10.0. The summed E-state index contributed by atoms with van der Waals surface area (Å²) in [7, 11) is 3.03. The normalized spacial score (nSPS) is 14.4. The number of nitrogens with zero attached hydrogens (tertiary/aromatic N) is 1. The molecule has 1 aliphatic rings. The number of carboxylic acid groups (broad SMARTS) is 1. The van der Waals surface area contributed by atoms with Crippen molar-refractivity contribution in [3.8, 4) is 11.5 Å². The number of ether oxygens (including phenoxy) is 2. The highest BCUT2D eigenvalue weighted by Crippen LogP contribution is 2.29. The third kappa shape index (κ3) is 2.76. The van der Waals surface area contributed by atoms with Gasteiger partial charge in [-0.2, -0.15) is 0 Å². The summed E-state index contributed by atoms with van der Waals surface area (Å²) in [6, 6.07) is 4.70. The minimum Gasteiger partial charge on any atom is -0.497 e. The van der Waals surface area contributed by atoms with Crippen molar-refractivity contribution in [3.05, 3.63) is 18.2 Å². The Morgan fingerprint density at radius 3 is 2.55 bits per heavy atom. The lowest BCUT2D eigenvalue weighted by Crippen LogP contribution is -2.54. The fraction of sp³-hybridized carbons (Fsp3) is 0.385. The molecule has 1 aromatic carbocycles. The van der Waals surface area contributed by atoms with E-state index in [2.05, 4.69) is 5.32 Å². The molecule has 0 unspecified atom stereocenters. The van der Waals surface area contributed by atoms with Crippen molar-refractivity contribution in [1.29, 1.82) is 0 Å². The second kappa shape index (κ2) is 5.68. The van der Waals surface area contributed by atoms with Gasteiger partial charge in [-0.3, -0.25) is 4.79 Å². The van der Waals surface area contributed by atoms with E-state index in [4.69, 9.17) is 14.6 Å². The van der Waals surface area contributed by atoms with Gasteiger partial charge in [-0.05, 0) is 12.1 Å². The number of hydrogen-bond acceptors (Lipinski definition) is 4. The van der Waals surface area contributed by atoms with Crippen LogP contribution in [0.25, 0.3) is 0 Å². The van der Waals surface area contributed by atoms with Crippen molar-refractivity contribution >= 4 is 17.7 Å². The van der Waals surface area contributed by atoms with Crippen LogP contribution in [0.1, 0.15) is 0 Å². The van der Waals surface area contributed by atoms with Crippen molar-refractivity contribution in [2.75, 3.05) is 32.6 Å². The molecule has 7 heteroatoms. The summed E-state index contributed by atoms with van der Waals surface area (Å²) in [6.45, 7) is 0.431. The molecule has 2 rings (SSSR count). The molecule has 0 radical (unpaired) electrons. The van der Waals surface area contributed by atoms with Gasteiger partial charge in [0.05, 0.1) is 25.8 Å². The highest BCUT2D eigenvalue weighted by atomic mass is 16.5. The molecule has 2 amide bonds. The number of likely N-dealkylation sites (tertiary alicyclic amines) is 1. The molecule has 1 aliphatic heterocycles. The molecule has 0 bridgehead atoms. The van der Waals surface area contributed by atoms with E-state index < -0.39 is 11.9 Å². The third-order valence-electron chi connectivity index (χ3n) is 3.17. The standard InChI is InChI=1S/C13H16N2O5/c1-19-9-3-4-11(20-2)10(5-9)14-13(18)15-6-8(7-15)12(16)17/h3-5,8H,6-7H2,1-2H3,(H,14,18)(H,16,17). The van der Waals surface area contributed by atoms with E-state index in [1.807, 2.05) is 0 Å². The van der Waals surface area contributed by atoms with Gasteiger partial charge in [0, 0.05) is 19.2 Å². The lowest BCUT2D eigenvalue weighted by molar-refractivity contribution is -0.145. The Balaban J connectivity index is 2.03. The maximum absolute atomic E-state index is 12.0. The van der Waals surface area contributed by atoms with E-state index in [1.54, 1.807) is 18.2 Å². The number of benzene rings is 1. The van der Waals surface area contributed by atoms with Crippen LogP contribution in [-0.2, 0) is 4.79 Å². The van der Waals surface area contributed by atoms with Crippen molar-refractivity contribution < 1.29 is 24.2 Å². The molecule has 0 aromatic heterocycles. The summed E-state index contributed by atoms with van der Waals surface area (Å²) in [5.74, 6) is -0.261. The molecule has 108 valence electrons. The number of nitrogens with one attached hydrogen (secondary N) is 1. The van der Waals surface area contributed by atoms with Crippen LogP contribution < -0.4 is 14.8 Å². The molecule has 1 aromatic rings. The zero-order valence-corrected chi connectivity index (χ0v) is 11.3. The Morgan fingerprint density at radius 1 is 1.30 bits per heavy atom. The van der Waals surface area contributed by atoms with Gasteiger partial charge in [-0.25, -0.2) is 4.79 Å². The van der Waals surface area contributed by atoms with Gasteiger partial charge in [-0.1, -0.05) is 0 Å². The number of aliphatic carboxylic acids is 1. The Morgan fingerprint density at radius 2 is 2.00 bits per heavy atom. The van der Waals surface area contributed by atoms with Crippen LogP contribution in [-0.4, -0.2) is 49.3 Å². The van der Waals surface area contributed by atoms with Gasteiger partial charge in [0.2, 0.25) is 0 Å². The fourth-order valence-electron chi connectivity index (χ4n) is 1.91. The molecule has 1 saturated heterocycles. The molecule has 0 aliphatic carbocycles. The number of carbonyl (C=O) groups excluding carboxylic acids is 1. The first-order chi connectivity index (χ1) is 9.55. The molecule has 7 nitrogen and oxygen atoms in total. The van der Waals surface area contributed by atoms with Crippen LogP contribution in [0.3, 0.4) is 0 Å². The Bertz CT molecular complexity index is 525. The number of carboxylic acids is 1. The van der Waals surface area contributed by atoms with E-state index >= 15 is 0 Å². The van der Waals surface area contributed by atoms with Crippen LogP contribution in [0, 0.1) is 5.92 Å². The summed E-state index contributed by atoms with van der Waals surface area (Å²) in [5.41, 5.74) is 0.482. The van der Waals surface area contributed by atoms with E-state index in [9.17, 15) is 9.59 Å². The maximum Gasteiger partial charge on any atom is 0.322 e. The Labute approximate surface area is 116 Å². The van der Waals surface area contributed by atoms with E-state index in [-0.39, 0.29) is 19.1 Å². The maximum atomic E-state index is 12.0. The van der Waals surface area contributed by atoms with Gasteiger partial charge < -0.3 is 24.8 Å². The average molecular weight is 280 g/mol. The van der Waals surface area contributed by atoms with E-state index in [0.29, 0.717) is 17.2 Å². The first-order valence-corrected chi connectivity index (χ1v) is 6.06. The minimum atomic E-state index is -0.881.